The van der Waals surface area contributed by atoms with E-state index in [2.05, 4.69) is 41.2 Å². The van der Waals surface area contributed by atoms with E-state index in [9.17, 15) is 0 Å². The van der Waals surface area contributed by atoms with Gasteiger partial charge in [-0.05, 0) is 67.6 Å². The number of anilines is 1. The fourth-order valence-corrected chi connectivity index (χ4v) is 3.23. The molecule has 2 aromatic rings. The molecule has 1 aliphatic rings. The number of rotatable bonds is 4. The quantitative estimate of drug-likeness (QED) is 0.876. The summed E-state index contributed by atoms with van der Waals surface area (Å²) in [6.45, 7) is 1.09. The molecule has 1 aromatic carbocycles. The fourth-order valence-electron chi connectivity index (χ4n) is 3.23. The van der Waals surface area contributed by atoms with E-state index in [1.54, 1.807) is 0 Å². The first-order valence-corrected chi connectivity index (χ1v) is 7.69. The first-order chi connectivity index (χ1) is 10.2. The number of nitrogens with two attached hydrogens (primary N) is 1. The van der Waals surface area contributed by atoms with Gasteiger partial charge in [0.1, 0.15) is 0 Å². The lowest BCUT2D eigenvalue weighted by molar-refractivity contribution is 0.224. The molecule has 3 nitrogen and oxygen atoms in total. The van der Waals surface area contributed by atoms with Crippen LogP contribution in [0.15, 0.2) is 42.7 Å². The lowest BCUT2D eigenvalue weighted by Crippen LogP contribution is -2.37. The molecule has 0 radical (unpaired) electrons. The maximum absolute atomic E-state index is 6.08. The average molecular weight is 281 g/mol. The Balaban J connectivity index is 1.60. The highest BCUT2D eigenvalue weighted by Gasteiger charge is 2.22. The van der Waals surface area contributed by atoms with Crippen molar-refractivity contribution in [2.24, 2.45) is 0 Å². The number of pyridine rings is 1. The zero-order valence-corrected chi connectivity index (χ0v) is 12.6. The summed E-state index contributed by atoms with van der Waals surface area (Å²) < 4.78 is 0. The van der Waals surface area contributed by atoms with E-state index in [0.29, 0.717) is 6.04 Å². The second-order valence-electron chi connectivity index (χ2n) is 5.97. The Morgan fingerprint density at radius 3 is 2.86 bits per heavy atom. The van der Waals surface area contributed by atoms with Crippen molar-refractivity contribution < 1.29 is 0 Å². The van der Waals surface area contributed by atoms with Gasteiger partial charge in [0.2, 0.25) is 0 Å². The predicted octanol–water partition coefficient (Wildman–Crippen LogP) is 2.70. The van der Waals surface area contributed by atoms with E-state index < -0.39 is 0 Å². The third kappa shape index (κ3) is 3.24. The van der Waals surface area contributed by atoms with Crippen LogP contribution in [-0.4, -0.2) is 29.5 Å². The predicted molar refractivity (Wildman–Crippen MR) is 87.2 cm³/mol. The monoisotopic (exact) mass is 281 g/mol. The van der Waals surface area contributed by atoms with Crippen LogP contribution < -0.4 is 5.73 Å². The Morgan fingerprint density at radius 1 is 1.24 bits per heavy atom. The van der Waals surface area contributed by atoms with Crippen molar-refractivity contribution in [2.45, 2.75) is 31.7 Å². The van der Waals surface area contributed by atoms with Crippen molar-refractivity contribution in [3.05, 3.63) is 59.4 Å². The molecule has 1 aromatic heterocycles. The molecule has 1 unspecified atom stereocenters. The third-order valence-electron chi connectivity index (χ3n) is 4.62. The van der Waals surface area contributed by atoms with Crippen LogP contribution in [0.1, 0.15) is 23.1 Å². The molecule has 1 aliphatic carbocycles. The van der Waals surface area contributed by atoms with E-state index in [0.717, 1.165) is 31.5 Å². The number of hydrogen-bond donors (Lipinski definition) is 1. The highest BCUT2D eigenvalue weighted by molar-refractivity contribution is 5.52. The van der Waals surface area contributed by atoms with Gasteiger partial charge in [0.05, 0.1) is 0 Å². The molecule has 0 saturated carbocycles. The summed E-state index contributed by atoms with van der Waals surface area (Å²) in [6.07, 6.45) is 8.25. The fraction of sp³-hybridized carbons (Fsp3) is 0.389. The SMILES string of the molecule is CN(CCc1ccncc1)C1CCc2c(N)cccc2C1. The van der Waals surface area contributed by atoms with Gasteiger partial charge in [-0.3, -0.25) is 4.98 Å². The number of benzene rings is 1. The van der Waals surface area contributed by atoms with Gasteiger partial charge in [-0.2, -0.15) is 0 Å². The molecule has 0 fully saturated rings. The van der Waals surface area contributed by atoms with E-state index in [1.807, 2.05) is 18.5 Å². The van der Waals surface area contributed by atoms with Gasteiger partial charge in [-0.25, -0.2) is 0 Å². The summed E-state index contributed by atoms with van der Waals surface area (Å²) in [4.78, 5) is 6.56. The number of fused-ring (bicyclic) bond motifs is 1. The highest BCUT2D eigenvalue weighted by Crippen LogP contribution is 2.28. The third-order valence-corrected chi connectivity index (χ3v) is 4.62. The minimum atomic E-state index is 0.626. The van der Waals surface area contributed by atoms with Gasteiger partial charge >= 0.3 is 0 Å². The maximum Gasteiger partial charge on any atom is 0.0349 e. The summed E-state index contributed by atoms with van der Waals surface area (Å²) in [5.41, 5.74) is 11.2. The molecular formula is C18H23N3. The first-order valence-electron chi connectivity index (χ1n) is 7.69. The van der Waals surface area contributed by atoms with Gasteiger partial charge in [-0.15, -0.1) is 0 Å². The summed E-state index contributed by atoms with van der Waals surface area (Å²) in [6, 6.07) is 11.2. The lowest BCUT2D eigenvalue weighted by atomic mass is 9.86. The van der Waals surface area contributed by atoms with E-state index in [1.165, 1.54) is 23.1 Å². The molecular weight excluding hydrogens is 258 g/mol. The van der Waals surface area contributed by atoms with Crippen LogP contribution in [0.25, 0.3) is 0 Å². The maximum atomic E-state index is 6.08. The zero-order valence-electron chi connectivity index (χ0n) is 12.6. The second-order valence-corrected chi connectivity index (χ2v) is 5.97. The van der Waals surface area contributed by atoms with E-state index in [4.69, 9.17) is 5.73 Å². The van der Waals surface area contributed by atoms with Crippen LogP contribution in [-0.2, 0) is 19.3 Å². The number of likely N-dealkylation sites (N-methyl/N-ethyl adjacent to an activating group) is 1. The van der Waals surface area contributed by atoms with Crippen LogP contribution in [0.3, 0.4) is 0 Å². The molecule has 2 N–H and O–H groups in total. The van der Waals surface area contributed by atoms with E-state index in [-0.39, 0.29) is 0 Å². The Bertz CT molecular complexity index is 595. The van der Waals surface area contributed by atoms with Crippen LogP contribution in [0.5, 0.6) is 0 Å². The van der Waals surface area contributed by atoms with Crippen molar-refractivity contribution in [3.8, 4) is 0 Å². The molecule has 0 saturated heterocycles. The molecule has 0 bridgehead atoms. The molecule has 0 aliphatic heterocycles. The molecule has 3 heteroatoms. The number of aromatic nitrogens is 1. The van der Waals surface area contributed by atoms with Gasteiger partial charge in [0, 0.05) is 30.7 Å². The summed E-state index contributed by atoms with van der Waals surface area (Å²) in [7, 11) is 2.24. The van der Waals surface area contributed by atoms with Crippen molar-refractivity contribution in [2.75, 3.05) is 19.3 Å². The normalized spacial score (nSPS) is 17.7. The van der Waals surface area contributed by atoms with Crippen LogP contribution >= 0.6 is 0 Å². The van der Waals surface area contributed by atoms with Gasteiger partial charge in [0.25, 0.3) is 0 Å². The van der Waals surface area contributed by atoms with Gasteiger partial charge < -0.3 is 10.6 Å². The van der Waals surface area contributed by atoms with Crippen LogP contribution in [0, 0.1) is 0 Å². The molecule has 3 rings (SSSR count). The Kier molecular flexibility index (Phi) is 4.20. The van der Waals surface area contributed by atoms with Crippen molar-refractivity contribution in [1.29, 1.82) is 0 Å². The summed E-state index contributed by atoms with van der Waals surface area (Å²) >= 11 is 0. The second kappa shape index (κ2) is 6.27. The zero-order chi connectivity index (χ0) is 14.7. The Labute approximate surface area is 126 Å². The van der Waals surface area contributed by atoms with Gasteiger partial charge in [0.15, 0.2) is 0 Å². The largest absolute Gasteiger partial charge is 0.398 e. The topological polar surface area (TPSA) is 42.2 Å². The average Bonchev–Trinajstić information content (AvgIpc) is 2.53. The van der Waals surface area contributed by atoms with Crippen molar-refractivity contribution in [3.63, 3.8) is 0 Å². The molecule has 1 heterocycles. The molecule has 0 spiro atoms. The first kappa shape index (κ1) is 14.1. The standard InChI is InChI=1S/C18H23N3/c1-21(12-9-14-7-10-20-11-8-14)16-5-6-17-15(13-16)3-2-4-18(17)19/h2-4,7-8,10-11,16H,5-6,9,12-13,19H2,1H3. The highest BCUT2D eigenvalue weighted by atomic mass is 15.1. The molecule has 110 valence electrons. The summed E-state index contributed by atoms with van der Waals surface area (Å²) in [5, 5.41) is 0. The number of nitrogens with zero attached hydrogens (tertiary/aromatic N) is 2. The molecule has 1 atom stereocenters. The number of nitrogen functional groups attached to an aromatic ring is 1. The summed E-state index contributed by atoms with van der Waals surface area (Å²) in [5.74, 6) is 0. The smallest absolute Gasteiger partial charge is 0.0349 e. The van der Waals surface area contributed by atoms with Crippen LogP contribution in [0.4, 0.5) is 5.69 Å². The van der Waals surface area contributed by atoms with Crippen molar-refractivity contribution in [1.82, 2.24) is 9.88 Å². The molecule has 0 amide bonds. The Hall–Kier alpha value is -1.87. The van der Waals surface area contributed by atoms with E-state index >= 15 is 0 Å². The van der Waals surface area contributed by atoms with Gasteiger partial charge in [-0.1, -0.05) is 12.1 Å². The molecule has 21 heavy (non-hydrogen) atoms. The van der Waals surface area contributed by atoms with Crippen LogP contribution in [0.2, 0.25) is 0 Å². The number of hydrogen-bond acceptors (Lipinski definition) is 3. The van der Waals surface area contributed by atoms with Crippen molar-refractivity contribution >= 4 is 5.69 Å². The lowest BCUT2D eigenvalue weighted by Gasteiger charge is -2.33. The minimum Gasteiger partial charge on any atom is -0.398 e. The minimum absolute atomic E-state index is 0.626. The Morgan fingerprint density at radius 2 is 2.05 bits per heavy atom.